The topological polar surface area (TPSA) is 68.5 Å². The summed E-state index contributed by atoms with van der Waals surface area (Å²) in [5.74, 6) is 1.82. The van der Waals surface area contributed by atoms with Crippen molar-refractivity contribution in [1.82, 2.24) is 10.1 Å². The largest absolute Gasteiger partial charge is 0.494 e. The average Bonchev–Trinajstić information content (AvgIpc) is 3.30. The summed E-state index contributed by atoms with van der Waals surface area (Å²) in [6.45, 7) is 5.10. The highest BCUT2D eigenvalue weighted by atomic mass is 16.5. The summed E-state index contributed by atoms with van der Waals surface area (Å²) < 4.78 is 10.9. The van der Waals surface area contributed by atoms with Crippen molar-refractivity contribution in [2.45, 2.75) is 26.2 Å². The molecule has 0 N–H and O–H groups in total. The molecule has 6 heteroatoms. The first-order chi connectivity index (χ1) is 13.2. The van der Waals surface area contributed by atoms with Gasteiger partial charge in [0.05, 0.1) is 12.5 Å². The van der Waals surface area contributed by atoms with E-state index in [1.807, 2.05) is 62.4 Å². The second-order valence-electron chi connectivity index (χ2n) is 6.60. The maximum absolute atomic E-state index is 12.5. The molecule has 0 aliphatic carbocycles. The summed E-state index contributed by atoms with van der Waals surface area (Å²) in [5.41, 5.74) is 2.88. The molecule has 4 rings (SSSR count). The molecule has 1 amide bonds. The van der Waals surface area contributed by atoms with Crippen LogP contribution in [0.5, 0.6) is 5.75 Å². The number of amides is 1. The molecule has 0 saturated carbocycles. The standard InChI is InChI=1S/C21H21N3O3/c1-3-26-17-10-8-16(9-11-17)24-13-15(12-19(24)25)21-22-20(23-27-21)18-7-5-4-6-14(18)2/h4-11,15H,3,12-13H2,1-2H3/t15-/m0/s1. The Morgan fingerprint density at radius 3 is 2.70 bits per heavy atom. The van der Waals surface area contributed by atoms with Gasteiger partial charge in [-0.25, -0.2) is 0 Å². The monoisotopic (exact) mass is 363 g/mol. The van der Waals surface area contributed by atoms with Crippen LogP contribution in [0.3, 0.4) is 0 Å². The molecule has 6 nitrogen and oxygen atoms in total. The second-order valence-corrected chi connectivity index (χ2v) is 6.60. The fraction of sp³-hybridized carbons (Fsp3) is 0.286. The maximum Gasteiger partial charge on any atom is 0.232 e. The predicted molar refractivity (Wildman–Crippen MR) is 102 cm³/mol. The van der Waals surface area contributed by atoms with Gasteiger partial charge in [0.1, 0.15) is 5.75 Å². The smallest absolute Gasteiger partial charge is 0.232 e. The summed E-state index contributed by atoms with van der Waals surface area (Å²) >= 11 is 0. The Morgan fingerprint density at radius 2 is 1.96 bits per heavy atom. The van der Waals surface area contributed by atoms with Gasteiger partial charge < -0.3 is 14.2 Å². The minimum Gasteiger partial charge on any atom is -0.494 e. The number of carbonyl (C=O) groups is 1. The van der Waals surface area contributed by atoms with Gasteiger partial charge >= 0.3 is 0 Å². The van der Waals surface area contributed by atoms with E-state index in [4.69, 9.17) is 9.26 Å². The number of nitrogens with zero attached hydrogens (tertiary/aromatic N) is 3. The summed E-state index contributed by atoms with van der Waals surface area (Å²) in [4.78, 5) is 18.8. The van der Waals surface area contributed by atoms with Crippen LogP contribution < -0.4 is 9.64 Å². The van der Waals surface area contributed by atoms with E-state index in [0.29, 0.717) is 31.3 Å². The Kier molecular flexibility index (Phi) is 4.62. The highest BCUT2D eigenvalue weighted by Crippen LogP contribution is 2.33. The quantitative estimate of drug-likeness (QED) is 0.686. The molecule has 3 aromatic rings. The van der Waals surface area contributed by atoms with Gasteiger partial charge in [0.2, 0.25) is 17.6 Å². The SMILES string of the molecule is CCOc1ccc(N2C[C@@H](c3nc(-c4ccccc4C)no3)CC2=O)cc1. The maximum atomic E-state index is 12.5. The minimum absolute atomic E-state index is 0.0554. The van der Waals surface area contributed by atoms with Crippen molar-refractivity contribution in [2.24, 2.45) is 0 Å². The second kappa shape index (κ2) is 7.23. The van der Waals surface area contributed by atoms with E-state index in [2.05, 4.69) is 10.1 Å². The first-order valence-electron chi connectivity index (χ1n) is 9.08. The molecular weight excluding hydrogens is 342 g/mol. The molecule has 2 heterocycles. The molecule has 0 bridgehead atoms. The zero-order chi connectivity index (χ0) is 18.8. The lowest BCUT2D eigenvalue weighted by molar-refractivity contribution is -0.117. The van der Waals surface area contributed by atoms with Gasteiger partial charge in [0, 0.05) is 24.2 Å². The zero-order valence-corrected chi connectivity index (χ0v) is 15.4. The van der Waals surface area contributed by atoms with Crippen molar-refractivity contribution < 1.29 is 14.1 Å². The number of aryl methyl sites for hydroxylation is 1. The molecule has 1 atom stereocenters. The Balaban J connectivity index is 1.52. The van der Waals surface area contributed by atoms with Crippen LogP contribution in [0.4, 0.5) is 5.69 Å². The van der Waals surface area contributed by atoms with E-state index in [9.17, 15) is 4.79 Å². The van der Waals surface area contributed by atoms with Gasteiger partial charge in [0.25, 0.3) is 0 Å². The van der Waals surface area contributed by atoms with Crippen LogP contribution in [0.2, 0.25) is 0 Å². The summed E-state index contributed by atoms with van der Waals surface area (Å²) in [6, 6.07) is 15.5. The minimum atomic E-state index is -0.102. The molecule has 1 aliphatic heterocycles. The number of hydrogen-bond donors (Lipinski definition) is 0. The number of aromatic nitrogens is 2. The molecule has 1 saturated heterocycles. The van der Waals surface area contributed by atoms with Crippen molar-refractivity contribution >= 4 is 11.6 Å². The number of hydrogen-bond acceptors (Lipinski definition) is 5. The van der Waals surface area contributed by atoms with Crippen LogP contribution in [-0.2, 0) is 4.79 Å². The zero-order valence-electron chi connectivity index (χ0n) is 15.4. The first-order valence-corrected chi connectivity index (χ1v) is 9.08. The normalized spacial score (nSPS) is 16.7. The molecule has 0 unspecified atom stereocenters. The third kappa shape index (κ3) is 3.43. The molecule has 2 aromatic carbocycles. The van der Waals surface area contributed by atoms with Crippen LogP contribution in [0.1, 0.15) is 30.7 Å². The average molecular weight is 363 g/mol. The lowest BCUT2D eigenvalue weighted by Crippen LogP contribution is -2.24. The van der Waals surface area contributed by atoms with Gasteiger partial charge in [0.15, 0.2) is 0 Å². The van der Waals surface area contributed by atoms with Crippen molar-refractivity contribution in [2.75, 3.05) is 18.1 Å². The third-order valence-corrected chi connectivity index (χ3v) is 4.76. The van der Waals surface area contributed by atoms with E-state index >= 15 is 0 Å². The molecule has 0 spiro atoms. The highest BCUT2D eigenvalue weighted by Gasteiger charge is 2.35. The van der Waals surface area contributed by atoms with Crippen LogP contribution in [0.15, 0.2) is 53.1 Å². The molecular formula is C21H21N3O3. The molecule has 27 heavy (non-hydrogen) atoms. The Labute approximate surface area is 157 Å². The Hall–Kier alpha value is -3.15. The molecule has 0 radical (unpaired) electrons. The molecule has 1 aliphatic rings. The first kappa shape index (κ1) is 17.3. The Morgan fingerprint density at radius 1 is 1.19 bits per heavy atom. The number of anilines is 1. The fourth-order valence-electron chi connectivity index (χ4n) is 3.35. The lowest BCUT2D eigenvalue weighted by atomic mass is 10.1. The van der Waals surface area contributed by atoms with Crippen LogP contribution in [0, 0.1) is 6.92 Å². The van der Waals surface area contributed by atoms with E-state index < -0.39 is 0 Å². The molecule has 1 aromatic heterocycles. The van der Waals surface area contributed by atoms with Crippen LogP contribution >= 0.6 is 0 Å². The highest BCUT2D eigenvalue weighted by molar-refractivity contribution is 5.96. The van der Waals surface area contributed by atoms with Crippen molar-refractivity contribution in [3.63, 3.8) is 0 Å². The predicted octanol–water partition coefficient (Wildman–Crippen LogP) is 3.96. The lowest BCUT2D eigenvalue weighted by Gasteiger charge is -2.16. The molecule has 138 valence electrons. The fourth-order valence-corrected chi connectivity index (χ4v) is 3.35. The Bertz CT molecular complexity index is 949. The summed E-state index contributed by atoms with van der Waals surface area (Å²) in [7, 11) is 0. The molecule has 1 fully saturated rings. The third-order valence-electron chi connectivity index (χ3n) is 4.76. The van der Waals surface area contributed by atoms with Crippen molar-refractivity contribution in [1.29, 1.82) is 0 Å². The van der Waals surface area contributed by atoms with E-state index in [1.165, 1.54) is 0 Å². The van der Waals surface area contributed by atoms with Crippen molar-refractivity contribution in [3.05, 3.63) is 60.0 Å². The van der Waals surface area contributed by atoms with E-state index in [0.717, 1.165) is 22.6 Å². The number of benzene rings is 2. The number of ether oxygens (including phenoxy) is 1. The van der Waals surface area contributed by atoms with Gasteiger partial charge in [-0.3, -0.25) is 4.79 Å². The van der Waals surface area contributed by atoms with Crippen LogP contribution in [-0.4, -0.2) is 29.2 Å². The van der Waals surface area contributed by atoms with E-state index in [1.54, 1.807) is 4.90 Å². The number of carbonyl (C=O) groups excluding carboxylic acids is 1. The van der Waals surface area contributed by atoms with Gasteiger partial charge in [-0.15, -0.1) is 0 Å². The number of rotatable bonds is 5. The van der Waals surface area contributed by atoms with Crippen molar-refractivity contribution in [3.8, 4) is 17.1 Å². The van der Waals surface area contributed by atoms with E-state index in [-0.39, 0.29) is 11.8 Å². The van der Waals surface area contributed by atoms with Gasteiger partial charge in [-0.2, -0.15) is 4.98 Å². The van der Waals surface area contributed by atoms with Gasteiger partial charge in [-0.1, -0.05) is 29.4 Å². The van der Waals surface area contributed by atoms with Gasteiger partial charge in [-0.05, 0) is 43.7 Å². The summed E-state index contributed by atoms with van der Waals surface area (Å²) in [6.07, 6.45) is 0.364. The van der Waals surface area contributed by atoms with Crippen LogP contribution in [0.25, 0.3) is 11.4 Å². The summed E-state index contributed by atoms with van der Waals surface area (Å²) in [5, 5.41) is 4.11.